The third-order valence-corrected chi connectivity index (χ3v) is 5.10. The minimum absolute atomic E-state index is 0. The van der Waals surface area contributed by atoms with Gasteiger partial charge in [-0.15, -0.1) is 12.4 Å². The van der Waals surface area contributed by atoms with Gasteiger partial charge in [0.1, 0.15) is 0 Å². The average Bonchev–Trinajstić information content (AvgIpc) is 2.55. The van der Waals surface area contributed by atoms with Gasteiger partial charge in [0.05, 0.1) is 10.4 Å². The third kappa shape index (κ3) is 5.72. The van der Waals surface area contributed by atoms with Crippen LogP contribution in [0.5, 0.6) is 0 Å². The van der Waals surface area contributed by atoms with Crippen molar-refractivity contribution in [2.45, 2.75) is 37.1 Å². The molecule has 8 heteroatoms. The summed E-state index contributed by atoms with van der Waals surface area (Å²) in [6.07, 6.45) is 1.31. The van der Waals surface area contributed by atoms with Gasteiger partial charge in [-0.3, -0.25) is 9.52 Å². The van der Waals surface area contributed by atoms with E-state index in [-0.39, 0.29) is 23.2 Å². The van der Waals surface area contributed by atoms with Crippen molar-refractivity contribution in [1.29, 1.82) is 0 Å². The topological polar surface area (TPSA) is 101 Å². The van der Waals surface area contributed by atoms with E-state index >= 15 is 0 Å². The Morgan fingerprint density at radius 2 is 1.69 bits per heavy atom. The minimum atomic E-state index is -3.75. The Balaban J connectivity index is 0.00000338. The molecule has 2 rings (SSSR count). The van der Waals surface area contributed by atoms with Gasteiger partial charge in [0.15, 0.2) is 0 Å². The van der Waals surface area contributed by atoms with Gasteiger partial charge < -0.3 is 11.1 Å². The number of halogens is 1. The van der Waals surface area contributed by atoms with E-state index in [1.807, 2.05) is 6.92 Å². The average molecular weight is 398 g/mol. The Bertz CT molecular complexity index is 840. The molecular formula is C18H24ClN3O3S. The van der Waals surface area contributed by atoms with Crippen molar-refractivity contribution in [3.8, 4) is 0 Å². The molecular weight excluding hydrogens is 374 g/mol. The summed E-state index contributed by atoms with van der Waals surface area (Å²) in [6, 6.07) is 14.7. The van der Waals surface area contributed by atoms with Crippen molar-refractivity contribution in [3.05, 3.63) is 54.6 Å². The molecule has 26 heavy (non-hydrogen) atoms. The van der Waals surface area contributed by atoms with Crippen molar-refractivity contribution in [1.82, 2.24) is 0 Å². The van der Waals surface area contributed by atoms with Crippen LogP contribution in [0, 0.1) is 0 Å². The van der Waals surface area contributed by atoms with Gasteiger partial charge in [-0.1, -0.05) is 37.6 Å². The second kappa shape index (κ2) is 9.02. The van der Waals surface area contributed by atoms with Crippen LogP contribution in [0.4, 0.5) is 11.4 Å². The molecule has 0 saturated carbocycles. The third-order valence-electron chi connectivity index (χ3n) is 3.72. The standard InChI is InChI=1S/C18H23N3O3S.ClH/c1-3-12-18(2,19)17(22)20-15-10-7-11-16(13-15)25(23,24)21-14-8-5-4-6-9-14;/h4-11,13,21H,3,12,19H2,1-2H3,(H,20,22);1H. The predicted octanol–water partition coefficient (Wildman–Crippen LogP) is 3.37. The smallest absolute Gasteiger partial charge is 0.261 e. The molecule has 1 atom stereocenters. The van der Waals surface area contributed by atoms with Gasteiger partial charge >= 0.3 is 0 Å². The van der Waals surface area contributed by atoms with Gasteiger partial charge in [0.25, 0.3) is 10.0 Å². The first-order valence-corrected chi connectivity index (χ1v) is 9.51. The van der Waals surface area contributed by atoms with Crippen LogP contribution in [0.15, 0.2) is 59.5 Å². The number of nitrogens with two attached hydrogens (primary N) is 1. The lowest BCUT2D eigenvalue weighted by molar-refractivity contribution is -0.120. The van der Waals surface area contributed by atoms with Crippen molar-refractivity contribution in [3.63, 3.8) is 0 Å². The van der Waals surface area contributed by atoms with Crippen LogP contribution in [-0.4, -0.2) is 19.9 Å². The van der Waals surface area contributed by atoms with Gasteiger partial charge in [0.2, 0.25) is 5.91 Å². The SMILES string of the molecule is CCCC(C)(N)C(=O)Nc1cccc(S(=O)(=O)Nc2ccccc2)c1.Cl. The number of sulfonamides is 1. The first-order valence-electron chi connectivity index (χ1n) is 8.03. The lowest BCUT2D eigenvalue weighted by Gasteiger charge is -2.23. The fraction of sp³-hybridized carbons (Fsp3) is 0.278. The molecule has 142 valence electrons. The highest BCUT2D eigenvalue weighted by Gasteiger charge is 2.27. The Kier molecular flexibility index (Phi) is 7.62. The molecule has 0 aromatic heterocycles. The van der Waals surface area contributed by atoms with Crippen molar-refractivity contribution >= 4 is 39.7 Å². The summed E-state index contributed by atoms with van der Waals surface area (Å²) >= 11 is 0. The highest BCUT2D eigenvalue weighted by atomic mass is 35.5. The van der Waals surface area contributed by atoms with E-state index in [9.17, 15) is 13.2 Å². The largest absolute Gasteiger partial charge is 0.324 e. The van der Waals surface area contributed by atoms with Gasteiger partial charge in [-0.05, 0) is 43.7 Å². The number of hydrogen-bond acceptors (Lipinski definition) is 4. The van der Waals surface area contributed by atoms with Gasteiger partial charge in [0, 0.05) is 11.4 Å². The molecule has 0 spiro atoms. The molecule has 0 aliphatic carbocycles. The van der Waals surface area contributed by atoms with E-state index in [1.165, 1.54) is 12.1 Å². The fourth-order valence-corrected chi connectivity index (χ4v) is 3.47. The van der Waals surface area contributed by atoms with E-state index in [0.717, 1.165) is 6.42 Å². The molecule has 2 aromatic carbocycles. The molecule has 4 N–H and O–H groups in total. The van der Waals surface area contributed by atoms with E-state index < -0.39 is 15.6 Å². The quantitative estimate of drug-likeness (QED) is 0.666. The van der Waals surface area contributed by atoms with Crippen LogP contribution in [-0.2, 0) is 14.8 Å². The van der Waals surface area contributed by atoms with Crippen LogP contribution >= 0.6 is 12.4 Å². The molecule has 6 nitrogen and oxygen atoms in total. The van der Waals surface area contributed by atoms with Gasteiger partial charge in [-0.25, -0.2) is 8.42 Å². The monoisotopic (exact) mass is 397 g/mol. The van der Waals surface area contributed by atoms with E-state index in [4.69, 9.17) is 5.73 Å². The van der Waals surface area contributed by atoms with E-state index in [0.29, 0.717) is 17.8 Å². The lowest BCUT2D eigenvalue weighted by Crippen LogP contribution is -2.48. The summed E-state index contributed by atoms with van der Waals surface area (Å²) in [5.41, 5.74) is 5.84. The molecule has 0 heterocycles. The normalized spacial score (nSPS) is 13.2. The van der Waals surface area contributed by atoms with Crippen LogP contribution < -0.4 is 15.8 Å². The summed E-state index contributed by atoms with van der Waals surface area (Å²) in [4.78, 5) is 12.3. The van der Waals surface area contributed by atoms with Crippen LogP contribution in [0.1, 0.15) is 26.7 Å². The molecule has 0 saturated heterocycles. The number of para-hydroxylation sites is 1. The molecule has 0 bridgehead atoms. The van der Waals surface area contributed by atoms with E-state index in [2.05, 4.69) is 10.0 Å². The van der Waals surface area contributed by atoms with Gasteiger partial charge in [-0.2, -0.15) is 0 Å². The van der Waals surface area contributed by atoms with Crippen molar-refractivity contribution < 1.29 is 13.2 Å². The first kappa shape index (κ1) is 22.0. The number of amides is 1. The zero-order chi connectivity index (χ0) is 18.5. The molecule has 0 aliphatic heterocycles. The van der Waals surface area contributed by atoms with E-state index in [1.54, 1.807) is 49.4 Å². The second-order valence-corrected chi connectivity index (χ2v) is 7.80. The Morgan fingerprint density at radius 3 is 2.31 bits per heavy atom. The summed E-state index contributed by atoms with van der Waals surface area (Å²) in [6.45, 7) is 3.60. The lowest BCUT2D eigenvalue weighted by atomic mass is 9.96. The summed E-state index contributed by atoms with van der Waals surface area (Å²) in [5.74, 6) is -0.347. The molecule has 2 aromatic rings. The number of rotatable bonds is 7. The number of hydrogen-bond donors (Lipinski definition) is 3. The fourth-order valence-electron chi connectivity index (χ4n) is 2.37. The summed E-state index contributed by atoms with van der Waals surface area (Å²) < 4.78 is 27.5. The first-order chi connectivity index (χ1) is 11.7. The Morgan fingerprint density at radius 1 is 1.08 bits per heavy atom. The molecule has 0 aliphatic rings. The molecule has 1 unspecified atom stereocenters. The maximum absolute atomic E-state index is 12.5. The number of carbonyl (C=O) groups excluding carboxylic acids is 1. The molecule has 0 fully saturated rings. The van der Waals surface area contributed by atoms with Crippen LogP contribution in [0.2, 0.25) is 0 Å². The molecule has 0 radical (unpaired) electrons. The number of benzene rings is 2. The summed E-state index contributed by atoms with van der Waals surface area (Å²) in [5, 5.41) is 2.69. The maximum atomic E-state index is 12.5. The summed E-state index contributed by atoms with van der Waals surface area (Å²) in [7, 11) is -3.75. The number of anilines is 2. The van der Waals surface area contributed by atoms with Crippen LogP contribution in [0.25, 0.3) is 0 Å². The Hall–Kier alpha value is -2.09. The highest BCUT2D eigenvalue weighted by Crippen LogP contribution is 2.20. The second-order valence-electron chi connectivity index (χ2n) is 6.12. The number of carbonyl (C=O) groups is 1. The van der Waals surface area contributed by atoms with Crippen molar-refractivity contribution in [2.24, 2.45) is 5.73 Å². The zero-order valence-electron chi connectivity index (χ0n) is 14.7. The molecule has 1 amide bonds. The predicted molar refractivity (Wildman–Crippen MR) is 107 cm³/mol. The Labute approximate surface area is 160 Å². The zero-order valence-corrected chi connectivity index (χ0v) is 16.4. The number of nitrogens with one attached hydrogen (secondary N) is 2. The maximum Gasteiger partial charge on any atom is 0.261 e. The van der Waals surface area contributed by atoms with Crippen LogP contribution in [0.3, 0.4) is 0 Å². The minimum Gasteiger partial charge on any atom is -0.324 e. The van der Waals surface area contributed by atoms with Crippen molar-refractivity contribution in [2.75, 3.05) is 10.0 Å². The highest BCUT2D eigenvalue weighted by molar-refractivity contribution is 7.92.